The van der Waals surface area contributed by atoms with Crippen LogP contribution in [0, 0.1) is 0 Å². The molecule has 26 heavy (non-hydrogen) atoms. The Morgan fingerprint density at radius 3 is 2.12 bits per heavy atom. The molecule has 1 N–H and O–H groups in total. The molecule has 2 rings (SSSR count). The molecule has 0 spiro atoms. The second-order valence-electron chi connectivity index (χ2n) is 5.68. The summed E-state index contributed by atoms with van der Waals surface area (Å²) in [6, 6.07) is 15.6. The number of hydrogen-bond donors (Lipinski definition) is 1. The van der Waals surface area contributed by atoms with Crippen LogP contribution in [0.4, 0.5) is 0 Å². The van der Waals surface area contributed by atoms with Gasteiger partial charge in [-0.05, 0) is 49.2 Å². The van der Waals surface area contributed by atoms with Crippen LogP contribution < -0.4 is 10.1 Å². The van der Waals surface area contributed by atoms with Crippen LogP contribution in [-0.2, 0) is 9.59 Å². The Labute approximate surface area is 162 Å². The molecule has 5 nitrogen and oxygen atoms in total. The summed E-state index contributed by atoms with van der Waals surface area (Å²) >= 11 is 3.42. The van der Waals surface area contributed by atoms with E-state index in [2.05, 4.69) is 21.2 Å². The highest BCUT2D eigenvalue weighted by Gasteiger charge is 2.15. The molecule has 0 aliphatic heterocycles. The largest absolute Gasteiger partial charge is 0.484 e. The van der Waals surface area contributed by atoms with Crippen molar-refractivity contribution in [2.75, 3.05) is 26.2 Å². The number of carbonyl (C=O) groups excluding carboxylic acids is 2. The van der Waals surface area contributed by atoms with Crippen LogP contribution in [0.15, 0.2) is 53.0 Å². The second-order valence-corrected chi connectivity index (χ2v) is 6.60. The lowest BCUT2D eigenvalue weighted by molar-refractivity contribution is -0.137. The first kappa shape index (κ1) is 20.0. The highest BCUT2D eigenvalue weighted by molar-refractivity contribution is 9.10. The van der Waals surface area contributed by atoms with E-state index >= 15 is 0 Å². The molecule has 2 amide bonds. The third kappa shape index (κ3) is 5.88. The predicted molar refractivity (Wildman–Crippen MR) is 106 cm³/mol. The van der Waals surface area contributed by atoms with Gasteiger partial charge in [-0.2, -0.15) is 0 Å². The first-order valence-electron chi connectivity index (χ1n) is 8.56. The molecule has 2 aromatic rings. The Hall–Kier alpha value is -2.34. The van der Waals surface area contributed by atoms with Crippen molar-refractivity contribution in [1.29, 1.82) is 0 Å². The van der Waals surface area contributed by atoms with Gasteiger partial charge < -0.3 is 15.0 Å². The van der Waals surface area contributed by atoms with Crippen molar-refractivity contribution >= 4 is 27.7 Å². The summed E-state index contributed by atoms with van der Waals surface area (Å²) in [5.41, 5.74) is 2.18. The zero-order valence-electron chi connectivity index (χ0n) is 15.0. The van der Waals surface area contributed by atoms with Crippen LogP contribution >= 0.6 is 15.9 Å². The van der Waals surface area contributed by atoms with Crippen molar-refractivity contribution in [2.45, 2.75) is 13.8 Å². The summed E-state index contributed by atoms with van der Waals surface area (Å²) in [5, 5.41) is 2.69. The van der Waals surface area contributed by atoms with Crippen LogP contribution in [0.1, 0.15) is 13.8 Å². The topological polar surface area (TPSA) is 58.6 Å². The van der Waals surface area contributed by atoms with E-state index in [1.54, 1.807) is 0 Å². The van der Waals surface area contributed by atoms with Crippen molar-refractivity contribution in [3.63, 3.8) is 0 Å². The first-order chi connectivity index (χ1) is 12.5. The maximum absolute atomic E-state index is 12.2. The van der Waals surface area contributed by atoms with E-state index in [9.17, 15) is 9.59 Å². The molecule has 0 radical (unpaired) electrons. The lowest BCUT2D eigenvalue weighted by Gasteiger charge is -2.20. The summed E-state index contributed by atoms with van der Waals surface area (Å²) in [4.78, 5) is 25.3. The van der Waals surface area contributed by atoms with Crippen molar-refractivity contribution in [2.24, 2.45) is 0 Å². The van der Waals surface area contributed by atoms with Crippen LogP contribution in [0.25, 0.3) is 11.1 Å². The van der Waals surface area contributed by atoms with Gasteiger partial charge >= 0.3 is 0 Å². The molecule has 0 aliphatic rings. The van der Waals surface area contributed by atoms with Gasteiger partial charge in [-0.15, -0.1) is 0 Å². The van der Waals surface area contributed by atoms with Gasteiger partial charge in [-0.3, -0.25) is 9.59 Å². The highest BCUT2D eigenvalue weighted by Crippen LogP contribution is 2.24. The Kier molecular flexibility index (Phi) is 7.66. The van der Waals surface area contributed by atoms with Crippen LogP contribution in [-0.4, -0.2) is 43.0 Å². The molecule has 0 bridgehead atoms. The molecular weight excluding hydrogens is 396 g/mol. The number of rotatable bonds is 8. The molecule has 0 saturated carbocycles. The van der Waals surface area contributed by atoms with Crippen molar-refractivity contribution in [1.82, 2.24) is 10.2 Å². The summed E-state index contributed by atoms with van der Waals surface area (Å²) in [5.74, 6) is 0.241. The molecule has 0 unspecified atom stereocenters. The Morgan fingerprint density at radius 2 is 1.58 bits per heavy atom. The lowest BCUT2D eigenvalue weighted by atomic mass is 10.1. The predicted octanol–water partition coefficient (Wildman–Crippen LogP) is 3.48. The van der Waals surface area contributed by atoms with E-state index in [1.807, 2.05) is 62.4 Å². The van der Waals surface area contributed by atoms with E-state index in [-0.39, 0.29) is 25.0 Å². The molecule has 6 heteroatoms. The lowest BCUT2D eigenvalue weighted by Crippen LogP contribution is -2.42. The maximum atomic E-state index is 12.2. The molecule has 0 heterocycles. The molecule has 2 aromatic carbocycles. The fraction of sp³-hybridized carbons (Fsp3) is 0.300. The molecule has 0 saturated heterocycles. The van der Waals surface area contributed by atoms with Gasteiger partial charge in [0.25, 0.3) is 5.91 Å². The van der Waals surface area contributed by atoms with E-state index in [4.69, 9.17) is 4.74 Å². The van der Waals surface area contributed by atoms with Gasteiger partial charge in [-0.1, -0.05) is 40.2 Å². The minimum Gasteiger partial charge on any atom is -0.484 e. The van der Waals surface area contributed by atoms with Gasteiger partial charge in [0.2, 0.25) is 5.91 Å². The van der Waals surface area contributed by atoms with Crippen molar-refractivity contribution < 1.29 is 14.3 Å². The quantitative estimate of drug-likeness (QED) is 0.713. The fourth-order valence-corrected chi connectivity index (χ4v) is 2.69. The van der Waals surface area contributed by atoms with Crippen LogP contribution in [0.3, 0.4) is 0 Å². The van der Waals surface area contributed by atoms with Gasteiger partial charge in [0.05, 0.1) is 6.54 Å². The Bertz CT molecular complexity index is 730. The monoisotopic (exact) mass is 418 g/mol. The number of halogens is 1. The number of amides is 2. The molecular formula is C20H23BrN2O3. The summed E-state index contributed by atoms with van der Waals surface area (Å²) in [6.45, 7) is 4.65. The first-order valence-corrected chi connectivity index (χ1v) is 9.36. The van der Waals surface area contributed by atoms with Gasteiger partial charge in [0, 0.05) is 17.6 Å². The minimum absolute atomic E-state index is 0.0506. The van der Waals surface area contributed by atoms with Gasteiger partial charge in [0.15, 0.2) is 6.61 Å². The third-order valence-corrected chi connectivity index (χ3v) is 4.37. The summed E-state index contributed by atoms with van der Waals surface area (Å²) in [6.07, 6.45) is 0. The van der Waals surface area contributed by atoms with E-state index in [1.165, 1.54) is 4.90 Å². The van der Waals surface area contributed by atoms with E-state index in [0.29, 0.717) is 18.8 Å². The minimum atomic E-state index is -0.212. The van der Waals surface area contributed by atoms with E-state index in [0.717, 1.165) is 15.6 Å². The van der Waals surface area contributed by atoms with E-state index < -0.39 is 0 Å². The number of benzene rings is 2. The van der Waals surface area contributed by atoms with Gasteiger partial charge in [-0.25, -0.2) is 0 Å². The zero-order valence-corrected chi connectivity index (χ0v) is 16.6. The van der Waals surface area contributed by atoms with Crippen LogP contribution in [0.5, 0.6) is 5.75 Å². The SMILES string of the molecule is CCNC(=O)CN(CC)C(=O)COc1ccc(-c2ccc(Br)cc2)cc1. The maximum Gasteiger partial charge on any atom is 0.260 e. The number of carbonyl (C=O) groups is 2. The normalized spacial score (nSPS) is 10.3. The summed E-state index contributed by atoms with van der Waals surface area (Å²) in [7, 11) is 0. The second kappa shape index (κ2) is 9.97. The standard InChI is InChI=1S/C20H23BrN2O3/c1-3-22-19(24)13-23(4-2)20(25)14-26-18-11-7-16(8-12-18)15-5-9-17(21)10-6-15/h5-12H,3-4,13-14H2,1-2H3,(H,22,24). The average molecular weight is 419 g/mol. The molecule has 0 aromatic heterocycles. The number of nitrogens with zero attached hydrogens (tertiary/aromatic N) is 1. The smallest absolute Gasteiger partial charge is 0.260 e. The number of likely N-dealkylation sites (N-methyl/N-ethyl adjacent to an activating group) is 2. The Balaban J connectivity index is 1.91. The number of nitrogens with one attached hydrogen (secondary N) is 1. The molecule has 0 aliphatic carbocycles. The fourth-order valence-electron chi connectivity index (χ4n) is 2.43. The van der Waals surface area contributed by atoms with Crippen molar-refractivity contribution in [3.8, 4) is 16.9 Å². The van der Waals surface area contributed by atoms with Crippen LogP contribution in [0.2, 0.25) is 0 Å². The third-order valence-electron chi connectivity index (χ3n) is 3.84. The zero-order chi connectivity index (χ0) is 18.9. The Morgan fingerprint density at radius 1 is 1.00 bits per heavy atom. The highest BCUT2D eigenvalue weighted by atomic mass is 79.9. The molecule has 0 atom stereocenters. The van der Waals surface area contributed by atoms with Crippen molar-refractivity contribution in [3.05, 3.63) is 53.0 Å². The average Bonchev–Trinajstić information content (AvgIpc) is 2.65. The molecule has 0 fully saturated rings. The summed E-state index contributed by atoms with van der Waals surface area (Å²) < 4.78 is 6.61. The molecule has 138 valence electrons. The number of hydrogen-bond acceptors (Lipinski definition) is 3. The number of ether oxygens (including phenoxy) is 1. The van der Waals surface area contributed by atoms with Gasteiger partial charge in [0.1, 0.15) is 5.75 Å².